The van der Waals surface area contributed by atoms with Crippen LogP contribution < -0.4 is 5.73 Å². The summed E-state index contributed by atoms with van der Waals surface area (Å²) in [6.45, 7) is 3.41. The van der Waals surface area contributed by atoms with Crippen LogP contribution in [0.25, 0.3) is 10.2 Å². The molecule has 2 aromatic rings. The Morgan fingerprint density at radius 2 is 2.21 bits per heavy atom. The second kappa shape index (κ2) is 6.49. The molecule has 6 heteroatoms. The second-order valence-electron chi connectivity index (χ2n) is 3.98. The predicted molar refractivity (Wildman–Crippen MR) is 75.4 cm³/mol. The molecule has 0 fully saturated rings. The molecule has 0 spiro atoms. The van der Waals surface area contributed by atoms with Crippen molar-refractivity contribution < 1.29 is 14.3 Å². The number of anilines is 1. The van der Waals surface area contributed by atoms with Crippen molar-refractivity contribution in [2.75, 3.05) is 25.6 Å². The molecular formula is C13H16N2O3S. The normalized spacial score (nSPS) is 10.8. The Morgan fingerprint density at radius 1 is 1.37 bits per heavy atom. The lowest BCUT2D eigenvalue weighted by molar-refractivity contribution is 0.0319. The van der Waals surface area contributed by atoms with Crippen LogP contribution in [0, 0.1) is 0 Å². The van der Waals surface area contributed by atoms with Gasteiger partial charge in [-0.1, -0.05) is 18.3 Å². The summed E-state index contributed by atoms with van der Waals surface area (Å²) in [4.78, 5) is 15.9. The number of hydrogen-bond acceptors (Lipinski definition) is 6. The molecule has 1 aromatic heterocycles. The van der Waals surface area contributed by atoms with Crippen molar-refractivity contribution in [2.45, 2.75) is 13.3 Å². The minimum absolute atomic E-state index is 0.266. The predicted octanol–water partition coefficient (Wildman–Crippen LogP) is 2.46. The van der Waals surface area contributed by atoms with Gasteiger partial charge in [0.05, 0.1) is 22.4 Å². The van der Waals surface area contributed by atoms with Crippen LogP contribution in [0.3, 0.4) is 0 Å². The number of rotatable bonds is 6. The minimum Gasteiger partial charge on any atom is -0.460 e. The number of thiazole rings is 1. The van der Waals surface area contributed by atoms with Crippen LogP contribution in [-0.2, 0) is 9.47 Å². The van der Waals surface area contributed by atoms with Gasteiger partial charge in [0.2, 0.25) is 0 Å². The van der Waals surface area contributed by atoms with Crippen molar-refractivity contribution in [3.8, 4) is 0 Å². The van der Waals surface area contributed by atoms with Crippen LogP contribution in [0.15, 0.2) is 18.2 Å². The van der Waals surface area contributed by atoms with E-state index in [0.717, 1.165) is 16.6 Å². The number of fused-ring (bicyclic) bond motifs is 1. The van der Waals surface area contributed by atoms with E-state index in [4.69, 9.17) is 15.2 Å². The smallest absolute Gasteiger partial charge is 0.338 e. The van der Waals surface area contributed by atoms with Crippen molar-refractivity contribution in [1.82, 2.24) is 4.98 Å². The summed E-state index contributed by atoms with van der Waals surface area (Å²) in [6.07, 6.45) is 0.956. The van der Waals surface area contributed by atoms with Crippen molar-refractivity contribution in [2.24, 2.45) is 0 Å². The van der Waals surface area contributed by atoms with Crippen molar-refractivity contribution in [3.05, 3.63) is 23.8 Å². The molecule has 0 saturated carbocycles. The molecule has 1 heterocycles. The van der Waals surface area contributed by atoms with Gasteiger partial charge >= 0.3 is 5.97 Å². The Labute approximate surface area is 115 Å². The standard InChI is InChI=1S/C13H16N2O3S/c1-2-5-17-6-7-18-12(16)9-3-4-10-11(8-9)19-13(14)15-10/h3-4,8H,2,5-7H2,1H3,(H2,14,15). The average molecular weight is 280 g/mol. The molecule has 0 radical (unpaired) electrons. The summed E-state index contributed by atoms with van der Waals surface area (Å²) in [5, 5.41) is 0.494. The van der Waals surface area contributed by atoms with Gasteiger partial charge in [-0.15, -0.1) is 0 Å². The van der Waals surface area contributed by atoms with E-state index in [2.05, 4.69) is 4.98 Å². The quantitative estimate of drug-likeness (QED) is 0.650. The van der Waals surface area contributed by atoms with Crippen LogP contribution in [0.5, 0.6) is 0 Å². The van der Waals surface area contributed by atoms with Gasteiger partial charge in [-0.05, 0) is 24.6 Å². The molecule has 0 aliphatic carbocycles. The molecule has 2 N–H and O–H groups in total. The van der Waals surface area contributed by atoms with Crippen molar-refractivity contribution in [1.29, 1.82) is 0 Å². The zero-order chi connectivity index (χ0) is 13.7. The van der Waals surface area contributed by atoms with Crippen LogP contribution in [-0.4, -0.2) is 30.8 Å². The second-order valence-corrected chi connectivity index (χ2v) is 5.05. The number of nitrogens with two attached hydrogens (primary N) is 1. The molecule has 0 saturated heterocycles. The summed E-state index contributed by atoms with van der Waals surface area (Å²) in [5.74, 6) is -0.353. The van der Waals surface area contributed by atoms with Gasteiger partial charge in [0, 0.05) is 6.61 Å². The molecule has 1 aromatic carbocycles. The molecule has 0 aliphatic heterocycles. The molecule has 0 bridgehead atoms. The number of hydrogen-bond donors (Lipinski definition) is 1. The van der Waals surface area contributed by atoms with Gasteiger partial charge in [-0.25, -0.2) is 9.78 Å². The SMILES string of the molecule is CCCOCCOC(=O)c1ccc2nc(N)sc2c1. The lowest BCUT2D eigenvalue weighted by atomic mass is 10.2. The Morgan fingerprint density at radius 3 is 3.00 bits per heavy atom. The summed E-state index contributed by atoms with van der Waals surface area (Å²) in [7, 11) is 0. The topological polar surface area (TPSA) is 74.4 Å². The number of ether oxygens (including phenoxy) is 2. The van der Waals surface area contributed by atoms with Gasteiger partial charge in [0.25, 0.3) is 0 Å². The third kappa shape index (κ3) is 3.65. The number of nitrogen functional groups attached to an aromatic ring is 1. The fourth-order valence-electron chi connectivity index (χ4n) is 1.59. The molecule has 2 rings (SSSR count). The van der Waals surface area contributed by atoms with E-state index >= 15 is 0 Å². The Hall–Kier alpha value is -1.66. The van der Waals surface area contributed by atoms with E-state index in [1.54, 1.807) is 18.2 Å². The van der Waals surface area contributed by atoms with Crippen LogP contribution >= 0.6 is 11.3 Å². The molecule has 19 heavy (non-hydrogen) atoms. The number of nitrogens with zero attached hydrogens (tertiary/aromatic N) is 1. The highest BCUT2D eigenvalue weighted by atomic mass is 32.1. The van der Waals surface area contributed by atoms with Crippen molar-refractivity contribution in [3.63, 3.8) is 0 Å². The van der Waals surface area contributed by atoms with Gasteiger partial charge in [-0.3, -0.25) is 0 Å². The zero-order valence-corrected chi connectivity index (χ0v) is 11.5. The van der Waals surface area contributed by atoms with E-state index in [9.17, 15) is 4.79 Å². The van der Waals surface area contributed by atoms with E-state index < -0.39 is 0 Å². The van der Waals surface area contributed by atoms with Crippen molar-refractivity contribution >= 4 is 32.7 Å². The highest BCUT2D eigenvalue weighted by Crippen LogP contribution is 2.24. The number of esters is 1. The summed E-state index contributed by atoms with van der Waals surface area (Å²) >= 11 is 1.35. The van der Waals surface area contributed by atoms with E-state index in [1.165, 1.54) is 11.3 Å². The Kier molecular flexibility index (Phi) is 4.70. The largest absolute Gasteiger partial charge is 0.460 e. The average Bonchev–Trinajstić information content (AvgIpc) is 2.77. The highest BCUT2D eigenvalue weighted by molar-refractivity contribution is 7.22. The highest BCUT2D eigenvalue weighted by Gasteiger charge is 2.09. The van der Waals surface area contributed by atoms with Crippen LogP contribution in [0.2, 0.25) is 0 Å². The third-order valence-corrected chi connectivity index (χ3v) is 3.30. The first-order chi connectivity index (χ1) is 9.20. The Balaban J connectivity index is 1.93. The summed E-state index contributed by atoms with van der Waals surface area (Å²) < 4.78 is 11.2. The molecule has 5 nitrogen and oxygen atoms in total. The van der Waals surface area contributed by atoms with Gasteiger partial charge in [-0.2, -0.15) is 0 Å². The zero-order valence-electron chi connectivity index (χ0n) is 10.7. The van der Waals surface area contributed by atoms with Gasteiger partial charge < -0.3 is 15.2 Å². The lowest BCUT2D eigenvalue weighted by Gasteiger charge is -2.05. The summed E-state index contributed by atoms with van der Waals surface area (Å²) in [5.41, 5.74) is 6.92. The molecular weight excluding hydrogens is 264 g/mol. The number of aromatic nitrogens is 1. The van der Waals surface area contributed by atoms with E-state index in [-0.39, 0.29) is 12.6 Å². The molecule has 0 unspecified atom stereocenters. The van der Waals surface area contributed by atoms with E-state index in [0.29, 0.717) is 23.9 Å². The number of carbonyl (C=O) groups excluding carboxylic acids is 1. The monoisotopic (exact) mass is 280 g/mol. The first-order valence-corrected chi connectivity index (χ1v) is 6.93. The molecule has 0 aliphatic rings. The molecule has 0 atom stereocenters. The van der Waals surface area contributed by atoms with Crippen LogP contribution in [0.4, 0.5) is 5.13 Å². The maximum absolute atomic E-state index is 11.8. The maximum Gasteiger partial charge on any atom is 0.338 e. The lowest BCUT2D eigenvalue weighted by Crippen LogP contribution is -2.11. The third-order valence-electron chi connectivity index (χ3n) is 2.45. The number of benzene rings is 1. The number of carbonyl (C=O) groups is 1. The first-order valence-electron chi connectivity index (χ1n) is 6.11. The maximum atomic E-state index is 11.8. The fourth-order valence-corrected chi connectivity index (χ4v) is 2.37. The van der Waals surface area contributed by atoms with Gasteiger partial charge in [0.15, 0.2) is 5.13 Å². The first kappa shape index (κ1) is 13.8. The van der Waals surface area contributed by atoms with Gasteiger partial charge in [0.1, 0.15) is 6.61 Å². The summed E-state index contributed by atoms with van der Waals surface area (Å²) in [6, 6.07) is 5.21. The molecule has 0 amide bonds. The van der Waals surface area contributed by atoms with E-state index in [1.807, 2.05) is 6.92 Å². The van der Waals surface area contributed by atoms with Crippen LogP contribution in [0.1, 0.15) is 23.7 Å². The minimum atomic E-state index is -0.353. The Bertz CT molecular complexity index is 568. The molecule has 102 valence electrons. The fraction of sp³-hybridized carbons (Fsp3) is 0.385.